The molecular weight excluding hydrogens is 186 g/mol. The van der Waals surface area contributed by atoms with Crippen LogP contribution in [0.15, 0.2) is 6.07 Å². The molecule has 0 saturated carbocycles. The minimum absolute atomic E-state index is 0.122. The third kappa shape index (κ3) is 1.20. The van der Waals surface area contributed by atoms with Crippen LogP contribution in [0.3, 0.4) is 0 Å². The molecule has 0 atom stereocenters. The summed E-state index contributed by atoms with van der Waals surface area (Å²) in [5, 5.41) is 16.8. The van der Waals surface area contributed by atoms with E-state index in [2.05, 4.69) is 0 Å². The van der Waals surface area contributed by atoms with E-state index in [9.17, 15) is 0 Å². The fourth-order valence-electron chi connectivity index (χ4n) is 0.826. The lowest BCUT2D eigenvalue weighted by molar-refractivity contribution is 0.480. The summed E-state index contributed by atoms with van der Waals surface area (Å²) in [6.07, 6.45) is 0. The maximum Gasteiger partial charge on any atom is 0.252 e. The summed E-state index contributed by atoms with van der Waals surface area (Å²) in [7, 11) is 1.00. The average Bonchev–Trinajstić information content (AvgIpc) is 2.79. The Morgan fingerprint density at radius 3 is 1.82 bits per heavy atom. The summed E-state index contributed by atoms with van der Waals surface area (Å²) in [6.45, 7) is 0. The van der Waals surface area contributed by atoms with Crippen LogP contribution in [-0.2, 0) is 0 Å². The number of rotatable bonds is 0. The van der Waals surface area contributed by atoms with Crippen LogP contribution >= 0.6 is 23.2 Å². The van der Waals surface area contributed by atoms with E-state index < -0.39 is 0 Å². The molecule has 0 spiro atoms. The highest BCUT2D eigenvalue weighted by Gasteiger charge is 2.27. The predicted octanol–water partition coefficient (Wildman–Crippen LogP) is 1.21. The van der Waals surface area contributed by atoms with Gasteiger partial charge in [-0.05, 0) is 6.07 Å². The van der Waals surface area contributed by atoms with Gasteiger partial charge in [-0.15, -0.1) is 0 Å². The summed E-state index contributed by atoms with van der Waals surface area (Å²) in [6, 6.07) is 1.80. The second-order valence-electron chi connectivity index (χ2n) is 1.95. The van der Waals surface area contributed by atoms with Crippen molar-refractivity contribution in [3.8, 4) is 16.9 Å². The van der Waals surface area contributed by atoms with Crippen LogP contribution in [0, 0.1) is 0 Å². The van der Waals surface area contributed by atoms with Gasteiger partial charge in [0.25, 0.3) is 8.05 Å². The van der Waals surface area contributed by atoms with Crippen LogP contribution in [0.5, 0.6) is 5.75 Å². The van der Waals surface area contributed by atoms with Gasteiger partial charge in [-0.1, -0.05) is 23.2 Å². The van der Waals surface area contributed by atoms with E-state index >= 15 is 0 Å². The molecule has 0 aliphatic heterocycles. The summed E-state index contributed by atoms with van der Waals surface area (Å²) < 4.78 is 0. The smallest absolute Gasteiger partial charge is 0.252 e. The number of halogens is 2. The van der Waals surface area contributed by atoms with Gasteiger partial charge in [0.1, 0.15) is 10.8 Å². The molecule has 2 aliphatic rings. The molecule has 0 heterocycles. The first kappa shape index (κ1) is 8.72. The highest BCUT2D eigenvalue weighted by atomic mass is 35.5. The zero-order valence-electron chi connectivity index (χ0n) is 5.73. The Hall–Kier alpha value is -0.375. The molecule has 0 aromatic heterocycles. The number of aromatic hydroxyl groups is 1. The predicted molar refractivity (Wildman–Crippen MR) is 47.9 cm³/mol. The molecule has 0 bridgehead atoms. The molecule has 2 aliphatic carbocycles. The van der Waals surface area contributed by atoms with Crippen molar-refractivity contribution in [2.45, 2.75) is 0 Å². The van der Waals surface area contributed by atoms with Crippen molar-refractivity contribution in [3.05, 3.63) is 16.1 Å². The molecule has 0 aromatic rings. The molecule has 11 heavy (non-hydrogen) atoms. The van der Waals surface area contributed by atoms with Gasteiger partial charge in [0, 0.05) is 11.1 Å². The number of hydrogen-bond donors (Lipinski definition) is 2. The van der Waals surface area contributed by atoms with Crippen molar-refractivity contribution in [2.24, 2.45) is 0 Å². The standard InChI is InChI=1S/C6H2Cl2O.BH3O/c7-4-2-1-3(2)6(9)5(4)8;1-2/h1,9H;2H,1H2. The highest BCUT2D eigenvalue weighted by molar-refractivity contribution is 6.47. The van der Waals surface area contributed by atoms with E-state index in [1.165, 1.54) is 0 Å². The Labute approximate surface area is 74.8 Å². The zero-order valence-corrected chi connectivity index (χ0v) is 7.24. The van der Waals surface area contributed by atoms with Crippen molar-refractivity contribution in [1.82, 2.24) is 0 Å². The Balaban J connectivity index is 0.000000281. The highest BCUT2D eigenvalue weighted by Crippen LogP contribution is 2.55. The van der Waals surface area contributed by atoms with Gasteiger partial charge in [0.2, 0.25) is 0 Å². The Kier molecular flexibility index (Phi) is 2.32. The quantitative estimate of drug-likeness (QED) is 0.614. The molecule has 2 nitrogen and oxygen atoms in total. The molecule has 0 fully saturated rings. The van der Waals surface area contributed by atoms with Gasteiger partial charge in [-0.3, -0.25) is 0 Å². The van der Waals surface area contributed by atoms with Crippen LogP contribution in [0.25, 0.3) is 11.1 Å². The molecular formula is C6H5BCl2O2. The fourth-order valence-corrected chi connectivity index (χ4v) is 1.28. The Morgan fingerprint density at radius 1 is 1.09 bits per heavy atom. The lowest BCUT2D eigenvalue weighted by Crippen LogP contribution is -1.55. The maximum absolute atomic E-state index is 9.03. The van der Waals surface area contributed by atoms with E-state index in [4.69, 9.17) is 33.3 Å². The van der Waals surface area contributed by atoms with Crippen molar-refractivity contribution in [1.29, 1.82) is 0 Å². The third-order valence-corrected chi connectivity index (χ3v) is 2.25. The number of benzene rings is 1. The second-order valence-corrected chi connectivity index (χ2v) is 2.70. The van der Waals surface area contributed by atoms with Crippen LogP contribution in [0.2, 0.25) is 10.0 Å². The van der Waals surface area contributed by atoms with Crippen LogP contribution in [0.1, 0.15) is 0 Å². The third-order valence-electron chi connectivity index (χ3n) is 1.39. The molecule has 5 heteroatoms. The van der Waals surface area contributed by atoms with E-state index in [0.29, 0.717) is 5.02 Å². The largest absolute Gasteiger partial charge is 0.506 e. The summed E-state index contributed by atoms with van der Waals surface area (Å²) in [4.78, 5) is 0. The summed E-state index contributed by atoms with van der Waals surface area (Å²) in [5.41, 5.74) is 1.68. The normalized spacial score (nSPS) is 10.1. The first-order valence-electron chi connectivity index (χ1n) is 2.88. The van der Waals surface area contributed by atoms with E-state index in [-0.39, 0.29) is 10.8 Å². The maximum atomic E-state index is 9.03. The SMILES string of the molecule is BO.Oc1c2cc-2c(Cl)c1Cl. The van der Waals surface area contributed by atoms with Gasteiger partial charge < -0.3 is 10.1 Å². The second kappa shape index (κ2) is 2.93. The van der Waals surface area contributed by atoms with Gasteiger partial charge in [-0.25, -0.2) is 0 Å². The molecule has 58 valence electrons. The van der Waals surface area contributed by atoms with Crippen molar-refractivity contribution in [3.63, 3.8) is 0 Å². The number of hydrogen-bond acceptors (Lipinski definition) is 2. The van der Waals surface area contributed by atoms with Gasteiger partial charge in [-0.2, -0.15) is 0 Å². The van der Waals surface area contributed by atoms with Crippen LogP contribution < -0.4 is 0 Å². The van der Waals surface area contributed by atoms with E-state index in [1.54, 1.807) is 6.07 Å². The first-order valence-corrected chi connectivity index (χ1v) is 3.63. The number of fused-ring (bicyclic) bond motifs is 1. The van der Waals surface area contributed by atoms with Gasteiger partial charge in [0.05, 0.1) is 5.02 Å². The van der Waals surface area contributed by atoms with Crippen molar-refractivity contribution >= 4 is 31.3 Å². The first-order chi connectivity index (χ1) is 5.22. The van der Waals surface area contributed by atoms with Crippen molar-refractivity contribution < 1.29 is 10.1 Å². The molecule has 2 rings (SSSR count). The Morgan fingerprint density at radius 2 is 1.64 bits per heavy atom. The Bertz CT molecular complexity index is 275. The molecule has 0 saturated heterocycles. The lowest BCUT2D eigenvalue weighted by atomic mass is 10.5. The van der Waals surface area contributed by atoms with Gasteiger partial charge >= 0.3 is 0 Å². The fraction of sp³-hybridized carbons (Fsp3) is 0. The van der Waals surface area contributed by atoms with Crippen molar-refractivity contribution in [2.75, 3.05) is 0 Å². The summed E-state index contributed by atoms with van der Waals surface area (Å²) in [5.74, 6) is 0.122. The monoisotopic (exact) mass is 190 g/mol. The molecule has 0 amide bonds. The van der Waals surface area contributed by atoms with E-state index in [1.807, 2.05) is 0 Å². The molecule has 2 N–H and O–H groups in total. The lowest BCUT2D eigenvalue weighted by Gasteiger charge is -1.84. The summed E-state index contributed by atoms with van der Waals surface area (Å²) >= 11 is 11.2. The van der Waals surface area contributed by atoms with Crippen LogP contribution in [0.4, 0.5) is 0 Å². The average molecular weight is 191 g/mol. The number of phenols is 1. The molecule has 0 radical (unpaired) electrons. The van der Waals surface area contributed by atoms with Crippen LogP contribution in [-0.4, -0.2) is 18.2 Å². The molecule has 0 aromatic carbocycles. The molecule has 0 unspecified atom stereocenters. The topological polar surface area (TPSA) is 40.5 Å². The number of phenolic OH excluding ortho intramolecular Hbond substituents is 1. The zero-order chi connectivity index (χ0) is 8.59. The van der Waals surface area contributed by atoms with Gasteiger partial charge in [0.15, 0.2) is 0 Å². The van der Waals surface area contributed by atoms with E-state index in [0.717, 1.165) is 19.2 Å². The minimum Gasteiger partial charge on any atom is -0.506 e. The minimum atomic E-state index is 0.122.